The van der Waals surface area contributed by atoms with E-state index in [1.54, 1.807) is 7.11 Å². The van der Waals surface area contributed by atoms with Crippen molar-refractivity contribution in [3.05, 3.63) is 65.5 Å². The third-order valence-corrected chi connectivity index (χ3v) is 7.33. The normalized spacial score (nSPS) is 13.9. The lowest BCUT2D eigenvalue weighted by atomic mass is 10.0. The fraction of sp³-hybridized carbons (Fsp3) is 0.423. The molecule has 1 aliphatic rings. The molecule has 0 bridgehead atoms. The van der Waals surface area contributed by atoms with Gasteiger partial charge in [0.05, 0.1) is 12.9 Å². The third kappa shape index (κ3) is 5.91. The number of carbonyl (C=O) groups excluding carboxylic acids is 1. The summed E-state index contributed by atoms with van der Waals surface area (Å²) < 4.78 is 7.36. The molecule has 34 heavy (non-hydrogen) atoms. The van der Waals surface area contributed by atoms with E-state index in [-0.39, 0.29) is 5.91 Å². The molecule has 1 saturated heterocycles. The van der Waals surface area contributed by atoms with E-state index in [0.717, 1.165) is 67.7 Å². The highest BCUT2D eigenvalue weighted by Crippen LogP contribution is 2.21. The van der Waals surface area contributed by atoms with E-state index in [9.17, 15) is 4.79 Å². The van der Waals surface area contributed by atoms with Gasteiger partial charge in [0.2, 0.25) is 5.91 Å². The lowest BCUT2D eigenvalue weighted by molar-refractivity contribution is -0.128. The molecule has 3 aromatic rings. The summed E-state index contributed by atoms with van der Waals surface area (Å²) in [5.74, 6) is 2.43. The Hall–Kier alpha value is -3.00. The fourth-order valence-electron chi connectivity index (χ4n) is 4.31. The average Bonchev–Trinajstić information content (AvgIpc) is 3.22. The van der Waals surface area contributed by atoms with Gasteiger partial charge in [-0.3, -0.25) is 4.79 Å². The van der Waals surface area contributed by atoms with E-state index in [4.69, 9.17) is 4.74 Å². The molecule has 1 fully saturated rings. The van der Waals surface area contributed by atoms with E-state index < -0.39 is 0 Å². The molecular formula is C26H33N5O2S. The van der Waals surface area contributed by atoms with Gasteiger partial charge in [0.15, 0.2) is 5.16 Å². The first kappa shape index (κ1) is 24.1. The highest BCUT2D eigenvalue weighted by molar-refractivity contribution is 7.99. The first-order chi connectivity index (χ1) is 16.5. The van der Waals surface area contributed by atoms with Gasteiger partial charge >= 0.3 is 0 Å². The Morgan fingerprint density at radius 2 is 1.79 bits per heavy atom. The minimum absolute atomic E-state index is 0.164. The Balaban J connectivity index is 1.22. The van der Waals surface area contributed by atoms with Crippen LogP contribution in [0.25, 0.3) is 0 Å². The van der Waals surface area contributed by atoms with Crippen LogP contribution in [0, 0.1) is 6.92 Å². The van der Waals surface area contributed by atoms with Gasteiger partial charge in [-0.1, -0.05) is 42.1 Å². The van der Waals surface area contributed by atoms with E-state index in [1.165, 1.54) is 23.0 Å². The molecule has 1 aromatic heterocycles. The van der Waals surface area contributed by atoms with Gasteiger partial charge in [-0.2, -0.15) is 0 Å². The van der Waals surface area contributed by atoms with Crippen LogP contribution < -0.4 is 9.64 Å². The van der Waals surface area contributed by atoms with Crippen LogP contribution in [0.3, 0.4) is 0 Å². The standard InChI is InChI=1S/C26H33N5O2S/c1-20-18-21(12-13-23(20)33-3)8-7-11-24-27-28-26(29(24)2)34-19-25(32)31-16-14-30(15-17-31)22-9-5-4-6-10-22/h4-6,9-10,12-13,18H,7-8,11,14-17,19H2,1-3H3. The number of thioether (sulfide) groups is 1. The zero-order chi connectivity index (χ0) is 23.9. The summed E-state index contributed by atoms with van der Waals surface area (Å²) in [6.07, 6.45) is 2.82. The summed E-state index contributed by atoms with van der Waals surface area (Å²) in [5.41, 5.74) is 3.68. The molecule has 0 aliphatic carbocycles. The number of hydrogen-bond acceptors (Lipinski definition) is 6. The van der Waals surface area contributed by atoms with Crippen molar-refractivity contribution in [3.63, 3.8) is 0 Å². The largest absolute Gasteiger partial charge is 0.496 e. The van der Waals surface area contributed by atoms with Crippen LogP contribution in [0.15, 0.2) is 53.7 Å². The quantitative estimate of drug-likeness (QED) is 0.436. The summed E-state index contributed by atoms with van der Waals surface area (Å²) in [5, 5.41) is 9.49. The number of piperazine rings is 1. The van der Waals surface area contributed by atoms with Gasteiger partial charge in [-0.25, -0.2) is 0 Å². The number of methoxy groups -OCH3 is 1. The van der Waals surface area contributed by atoms with Crippen molar-refractivity contribution in [1.29, 1.82) is 0 Å². The summed E-state index contributed by atoms with van der Waals surface area (Å²) >= 11 is 1.47. The molecule has 0 atom stereocenters. The predicted octanol–water partition coefficient (Wildman–Crippen LogP) is 3.75. The first-order valence-corrected chi connectivity index (χ1v) is 12.8. The van der Waals surface area contributed by atoms with Gasteiger partial charge in [-0.05, 0) is 49.1 Å². The number of carbonyl (C=O) groups is 1. The summed E-state index contributed by atoms with van der Waals surface area (Å²) in [6.45, 7) is 5.30. The van der Waals surface area contributed by atoms with Gasteiger partial charge in [0.1, 0.15) is 11.6 Å². The number of benzene rings is 2. The highest BCUT2D eigenvalue weighted by atomic mass is 32.2. The first-order valence-electron chi connectivity index (χ1n) is 11.8. The Labute approximate surface area is 206 Å². The molecule has 2 aromatic carbocycles. The van der Waals surface area contributed by atoms with E-state index in [0.29, 0.717) is 5.75 Å². The molecule has 0 spiro atoms. The zero-order valence-corrected chi connectivity index (χ0v) is 21.1. The summed E-state index contributed by atoms with van der Waals surface area (Å²) in [7, 11) is 3.68. The molecule has 0 saturated carbocycles. The average molecular weight is 480 g/mol. The monoisotopic (exact) mass is 479 g/mol. The van der Waals surface area contributed by atoms with Crippen molar-refractivity contribution in [1.82, 2.24) is 19.7 Å². The molecule has 0 radical (unpaired) electrons. The molecule has 0 N–H and O–H groups in total. The van der Waals surface area contributed by atoms with Crippen molar-refractivity contribution in [3.8, 4) is 5.75 Å². The summed E-state index contributed by atoms with van der Waals surface area (Å²) in [6, 6.07) is 16.7. The molecule has 8 heteroatoms. The van der Waals surface area contributed by atoms with Crippen molar-refractivity contribution < 1.29 is 9.53 Å². The second-order valence-electron chi connectivity index (χ2n) is 8.61. The fourth-order valence-corrected chi connectivity index (χ4v) is 5.14. The second kappa shape index (κ2) is 11.4. The van der Waals surface area contributed by atoms with Gasteiger partial charge in [-0.15, -0.1) is 10.2 Å². The predicted molar refractivity (Wildman–Crippen MR) is 137 cm³/mol. The van der Waals surface area contributed by atoms with Crippen LogP contribution in [0.2, 0.25) is 0 Å². The van der Waals surface area contributed by atoms with Gasteiger partial charge in [0.25, 0.3) is 0 Å². The van der Waals surface area contributed by atoms with Gasteiger partial charge < -0.3 is 19.1 Å². The highest BCUT2D eigenvalue weighted by Gasteiger charge is 2.22. The number of rotatable bonds is 9. The number of nitrogens with zero attached hydrogens (tertiary/aromatic N) is 5. The number of anilines is 1. The van der Waals surface area contributed by atoms with E-state index >= 15 is 0 Å². The van der Waals surface area contributed by atoms with Crippen molar-refractivity contribution in [2.45, 2.75) is 31.3 Å². The van der Waals surface area contributed by atoms with Crippen molar-refractivity contribution in [2.75, 3.05) is 43.9 Å². The molecule has 180 valence electrons. The maximum absolute atomic E-state index is 12.8. The second-order valence-corrected chi connectivity index (χ2v) is 9.55. The molecule has 4 rings (SSSR count). The van der Waals surface area contributed by atoms with Crippen LogP contribution in [0.4, 0.5) is 5.69 Å². The number of aromatic nitrogens is 3. The van der Waals surface area contributed by atoms with Crippen LogP contribution >= 0.6 is 11.8 Å². The number of aryl methyl sites for hydroxylation is 3. The van der Waals surface area contributed by atoms with Crippen LogP contribution in [-0.2, 0) is 24.7 Å². The molecule has 2 heterocycles. The molecule has 1 aliphatic heterocycles. The van der Waals surface area contributed by atoms with Crippen LogP contribution in [0.5, 0.6) is 5.75 Å². The molecular weight excluding hydrogens is 446 g/mol. The van der Waals surface area contributed by atoms with E-state index in [2.05, 4.69) is 58.4 Å². The lowest BCUT2D eigenvalue weighted by Gasteiger charge is -2.36. The molecule has 0 unspecified atom stereocenters. The lowest BCUT2D eigenvalue weighted by Crippen LogP contribution is -2.49. The number of ether oxygens (including phenoxy) is 1. The minimum atomic E-state index is 0.164. The van der Waals surface area contributed by atoms with E-state index in [1.807, 2.05) is 28.6 Å². The summed E-state index contributed by atoms with van der Waals surface area (Å²) in [4.78, 5) is 17.0. The maximum Gasteiger partial charge on any atom is 0.233 e. The third-order valence-electron chi connectivity index (χ3n) is 6.33. The number of amides is 1. The van der Waals surface area contributed by atoms with Crippen LogP contribution in [0.1, 0.15) is 23.4 Å². The molecule has 7 nitrogen and oxygen atoms in total. The minimum Gasteiger partial charge on any atom is -0.496 e. The number of para-hydroxylation sites is 1. The Kier molecular flexibility index (Phi) is 8.11. The zero-order valence-electron chi connectivity index (χ0n) is 20.2. The van der Waals surface area contributed by atoms with Crippen molar-refractivity contribution in [2.24, 2.45) is 7.05 Å². The maximum atomic E-state index is 12.8. The van der Waals surface area contributed by atoms with Gasteiger partial charge in [0, 0.05) is 45.3 Å². The number of hydrogen-bond donors (Lipinski definition) is 0. The Bertz CT molecular complexity index is 1090. The molecule has 1 amide bonds. The Morgan fingerprint density at radius 3 is 2.50 bits per heavy atom. The SMILES string of the molecule is COc1ccc(CCCc2nnc(SCC(=O)N3CCN(c4ccccc4)CC3)n2C)cc1C. The smallest absolute Gasteiger partial charge is 0.233 e. The Morgan fingerprint density at radius 1 is 1.03 bits per heavy atom. The topological polar surface area (TPSA) is 63.5 Å². The van der Waals surface area contributed by atoms with Crippen LogP contribution in [-0.4, -0.2) is 64.6 Å². The van der Waals surface area contributed by atoms with Crippen molar-refractivity contribution >= 4 is 23.4 Å².